The van der Waals surface area contributed by atoms with E-state index in [-0.39, 0.29) is 17.2 Å². The Hall–Kier alpha value is -3.35. The van der Waals surface area contributed by atoms with Crippen molar-refractivity contribution in [1.29, 1.82) is 0 Å². The van der Waals surface area contributed by atoms with Gasteiger partial charge in [-0.2, -0.15) is 0 Å². The maximum atomic E-state index is 12.1. The lowest BCUT2D eigenvalue weighted by atomic mass is 10.2. The van der Waals surface area contributed by atoms with Gasteiger partial charge in [0.15, 0.2) is 6.10 Å². The van der Waals surface area contributed by atoms with E-state index >= 15 is 0 Å². The van der Waals surface area contributed by atoms with Gasteiger partial charge in [-0.3, -0.25) is 9.59 Å². The van der Waals surface area contributed by atoms with Crippen LogP contribution in [0.4, 0.5) is 11.4 Å². The van der Waals surface area contributed by atoms with Gasteiger partial charge in [0.1, 0.15) is 5.75 Å². The quantitative estimate of drug-likeness (QED) is 0.724. The molecular weight excluding hydrogens is 324 g/mol. The summed E-state index contributed by atoms with van der Waals surface area (Å²) in [5.74, 6) is -1.31. The number of carbonyl (C=O) groups excluding carboxylic acids is 3. The molecule has 7 heteroatoms. The second-order valence-corrected chi connectivity index (χ2v) is 5.34. The lowest BCUT2D eigenvalue weighted by Crippen LogP contribution is -2.30. The number of aromatic hydroxyl groups is 1. The van der Waals surface area contributed by atoms with Crippen molar-refractivity contribution in [2.24, 2.45) is 0 Å². The molecule has 0 saturated heterocycles. The number of hydrogen-bond donors (Lipinski definition) is 3. The fourth-order valence-corrected chi connectivity index (χ4v) is 1.96. The Balaban J connectivity index is 1.92. The van der Waals surface area contributed by atoms with Crippen LogP contribution in [0, 0.1) is 0 Å². The predicted molar refractivity (Wildman–Crippen MR) is 92.4 cm³/mol. The Morgan fingerprint density at radius 1 is 0.920 bits per heavy atom. The molecule has 25 heavy (non-hydrogen) atoms. The van der Waals surface area contributed by atoms with Gasteiger partial charge in [0, 0.05) is 18.3 Å². The van der Waals surface area contributed by atoms with E-state index < -0.39 is 18.0 Å². The summed E-state index contributed by atoms with van der Waals surface area (Å²) < 4.78 is 5.10. The van der Waals surface area contributed by atoms with Crippen molar-refractivity contribution in [3.63, 3.8) is 0 Å². The minimum atomic E-state index is -1.00. The third-order valence-electron chi connectivity index (χ3n) is 3.23. The fraction of sp³-hybridized carbons (Fsp3) is 0.167. The van der Waals surface area contributed by atoms with E-state index in [2.05, 4.69) is 10.6 Å². The second-order valence-electron chi connectivity index (χ2n) is 5.34. The number of phenols is 1. The predicted octanol–water partition coefficient (Wildman–Crippen LogP) is 2.53. The van der Waals surface area contributed by atoms with E-state index in [1.807, 2.05) is 0 Å². The molecule has 0 spiro atoms. The van der Waals surface area contributed by atoms with Gasteiger partial charge < -0.3 is 20.5 Å². The van der Waals surface area contributed by atoms with Gasteiger partial charge in [-0.05, 0) is 55.5 Å². The van der Waals surface area contributed by atoms with E-state index in [9.17, 15) is 19.5 Å². The van der Waals surface area contributed by atoms with Crippen LogP contribution >= 0.6 is 0 Å². The van der Waals surface area contributed by atoms with Crippen molar-refractivity contribution >= 4 is 29.2 Å². The Kier molecular flexibility index (Phi) is 5.73. The van der Waals surface area contributed by atoms with Gasteiger partial charge in [-0.1, -0.05) is 0 Å². The molecule has 7 nitrogen and oxygen atoms in total. The summed E-state index contributed by atoms with van der Waals surface area (Å²) >= 11 is 0. The van der Waals surface area contributed by atoms with Crippen LogP contribution in [-0.2, 0) is 14.3 Å². The van der Waals surface area contributed by atoms with Crippen LogP contribution in [0.25, 0.3) is 0 Å². The number of ether oxygens (including phenoxy) is 1. The highest BCUT2D eigenvalue weighted by molar-refractivity contribution is 5.97. The molecule has 2 aromatic rings. The summed E-state index contributed by atoms with van der Waals surface area (Å²) in [4.78, 5) is 35.0. The Labute approximate surface area is 144 Å². The van der Waals surface area contributed by atoms with Crippen LogP contribution in [0.5, 0.6) is 5.75 Å². The maximum absolute atomic E-state index is 12.1. The molecule has 2 aromatic carbocycles. The first-order chi connectivity index (χ1) is 11.8. The normalized spacial score (nSPS) is 11.3. The van der Waals surface area contributed by atoms with Gasteiger partial charge in [0.25, 0.3) is 5.91 Å². The smallest absolute Gasteiger partial charge is 0.338 e. The van der Waals surface area contributed by atoms with E-state index in [0.29, 0.717) is 11.4 Å². The van der Waals surface area contributed by atoms with Crippen LogP contribution in [-0.4, -0.2) is 29.0 Å². The van der Waals surface area contributed by atoms with Crippen molar-refractivity contribution < 1.29 is 24.2 Å². The van der Waals surface area contributed by atoms with Gasteiger partial charge >= 0.3 is 5.97 Å². The number of phenolic OH excluding ortho intramolecular Hbond substituents is 1. The van der Waals surface area contributed by atoms with Crippen molar-refractivity contribution in [3.05, 3.63) is 54.1 Å². The SMILES string of the molecule is CC(=O)Nc1ccc(NC(=O)[C@@H](C)OC(=O)c2ccc(O)cc2)cc1. The largest absolute Gasteiger partial charge is 0.508 e. The number of esters is 1. The molecule has 2 amide bonds. The molecule has 0 unspecified atom stereocenters. The van der Waals surface area contributed by atoms with Crippen LogP contribution in [0.15, 0.2) is 48.5 Å². The van der Waals surface area contributed by atoms with Gasteiger partial charge in [0.05, 0.1) is 5.56 Å². The first kappa shape index (κ1) is 18.0. The lowest BCUT2D eigenvalue weighted by molar-refractivity contribution is -0.123. The monoisotopic (exact) mass is 342 g/mol. The minimum Gasteiger partial charge on any atom is -0.508 e. The number of nitrogens with one attached hydrogen (secondary N) is 2. The molecule has 0 aliphatic rings. The number of carbonyl (C=O) groups is 3. The number of amides is 2. The average Bonchev–Trinajstić information content (AvgIpc) is 2.56. The van der Waals surface area contributed by atoms with Gasteiger partial charge in [-0.15, -0.1) is 0 Å². The highest BCUT2D eigenvalue weighted by Gasteiger charge is 2.19. The standard InChI is InChI=1S/C18H18N2O5/c1-11(25-18(24)13-3-9-16(22)10-4-13)17(23)20-15-7-5-14(6-8-15)19-12(2)21/h3-11,22H,1-2H3,(H,19,21)(H,20,23)/t11-/m1/s1. The molecule has 0 aromatic heterocycles. The molecule has 0 bridgehead atoms. The second kappa shape index (κ2) is 7.96. The third kappa shape index (κ3) is 5.35. The summed E-state index contributed by atoms with van der Waals surface area (Å²) in [7, 11) is 0. The highest BCUT2D eigenvalue weighted by atomic mass is 16.5. The summed E-state index contributed by atoms with van der Waals surface area (Å²) in [5.41, 5.74) is 1.35. The molecule has 0 aliphatic heterocycles. The first-order valence-electron chi connectivity index (χ1n) is 7.53. The Morgan fingerprint density at radius 2 is 1.44 bits per heavy atom. The number of benzene rings is 2. The minimum absolute atomic E-state index is 0.0325. The molecule has 0 radical (unpaired) electrons. The van der Waals surface area contributed by atoms with Crippen LogP contribution < -0.4 is 10.6 Å². The molecule has 3 N–H and O–H groups in total. The van der Waals surface area contributed by atoms with Crippen LogP contribution in [0.3, 0.4) is 0 Å². The molecule has 130 valence electrons. The summed E-state index contributed by atoms with van der Waals surface area (Å²) in [6, 6.07) is 12.1. The zero-order valence-electron chi connectivity index (χ0n) is 13.8. The average molecular weight is 342 g/mol. The molecule has 0 aliphatic carbocycles. The fourth-order valence-electron chi connectivity index (χ4n) is 1.96. The molecule has 2 rings (SSSR count). The molecule has 0 saturated carbocycles. The topological polar surface area (TPSA) is 105 Å². The lowest BCUT2D eigenvalue weighted by Gasteiger charge is -2.14. The van der Waals surface area contributed by atoms with E-state index in [0.717, 1.165) is 0 Å². The molecular formula is C18H18N2O5. The molecule has 0 fully saturated rings. The third-order valence-corrected chi connectivity index (χ3v) is 3.23. The number of rotatable bonds is 5. The Bertz CT molecular complexity index is 769. The number of hydrogen-bond acceptors (Lipinski definition) is 5. The summed E-state index contributed by atoms with van der Waals surface area (Å²) in [6.07, 6.45) is -1.00. The van der Waals surface area contributed by atoms with E-state index in [1.54, 1.807) is 24.3 Å². The zero-order valence-corrected chi connectivity index (χ0v) is 13.8. The van der Waals surface area contributed by atoms with Crippen LogP contribution in [0.1, 0.15) is 24.2 Å². The van der Waals surface area contributed by atoms with E-state index in [1.165, 1.54) is 38.1 Å². The molecule has 1 atom stereocenters. The zero-order chi connectivity index (χ0) is 18.4. The summed E-state index contributed by atoms with van der Waals surface area (Å²) in [6.45, 7) is 2.86. The molecule has 0 heterocycles. The maximum Gasteiger partial charge on any atom is 0.338 e. The van der Waals surface area contributed by atoms with Crippen molar-refractivity contribution in [3.8, 4) is 5.75 Å². The number of anilines is 2. The van der Waals surface area contributed by atoms with Crippen molar-refractivity contribution in [1.82, 2.24) is 0 Å². The van der Waals surface area contributed by atoms with Crippen molar-refractivity contribution in [2.45, 2.75) is 20.0 Å². The van der Waals surface area contributed by atoms with Gasteiger partial charge in [0.2, 0.25) is 5.91 Å². The van der Waals surface area contributed by atoms with Gasteiger partial charge in [-0.25, -0.2) is 4.79 Å². The van der Waals surface area contributed by atoms with E-state index in [4.69, 9.17) is 4.74 Å². The Morgan fingerprint density at radius 3 is 1.96 bits per heavy atom. The highest BCUT2D eigenvalue weighted by Crippen LogP contribution is 2.15. The van der Waals surface area contributed by atoms with Crippen molar-refractivity contribution in [2.75, 3.05) is 10.6 Å². The van der Waals surface area contributed by atoms with Crippen LogP contribution in [0.2, 0.25) is 0 Å². The first-order valence-corrected chi connectivity index (χ1v) is 7.53. The summed E-state index contributed by atoms with van der Waals surface area (Å²) in [5, 5.41) is 14.4.